The molecule has 0 radical (unpaired) electrons. The van der Waals surface area contributed by atoms with E-state index < -0.39 is 0 Å². The van der Waals surface area contributed by atoms with Crippen LogP contribution in [0.4, 0.5) is 4.39 Å². The van der Waals surface area contributed by atoms with Crippen molar-refractivity contribution < 1.29 is 13.9 Å². The van der Waals surface area contributed by atoms with Crippen LogP contribution in [0.25, 0.3) is 5.69 Å². The molecule has 1 aromatic heterocycles. The van der Waals surface area contributed by atoms with Crippen molar-refractivity contribution in [2.75, 3.05) is 6.54 Å². The maximum Gasteiger partial charge on any atom is 0.254 e. The summed E-state index contributed by atoms with van der Waals surface area (Å²) in [6.45, 7) is 2.86. The lowest BCUT2D eigenvalue weighted by molar-refractivity contribution is 0.0733. The van der Waals surface area contributed by atoms with Gasteiger partial charge in [0.05, 0.1) is 23.5 Å². The number of nitrogens with zero attached hydrogens (tertiary/aromatic N) is 3. The van der Waals surface area contributed by atoms with Gasteiger partial charge in [0.25, 0.3) is 5.91 Å². The molecule has 7 heteroatoms. The second kappa shape index (κ2) is 9.92. The Bertz CT molecular complexity index is 1330. The number of carbonyl (C=O) groups is 1. The zero-order valence-electron chi connectivity index (χ0n) is 19.3. The second-order valence-electron chi connectivity index (χ2n) is 8.81. The molecule has 35 heavy (non-hydrogen) atoms. The van der Waals surface area contributed by atoms with Gasteiger partial charge in [-0.15, -0.1) is 0 Å². The van der Waals surface area contributed by atoms with Gasteiger partial charge in [-0.25, -0.2) is 9.07 Å². The van der Waals surface area contributed by atoms with E-state index in [4.69, 9.17) is 21.4 Å². The lowest BCUT2D eigenvalue weighted by atomic mass is 10.1. The maximum atomic E-state index is 13.5. The summed E-state index contributed by atoms with van der Waals surface area (Å²) in [5.41, 5.74) is 2.78. The zero-order chi connectivity index (χ0) is 24.4. The number of rotatable bonds is 8. The normalized spacial score (nSPS) is 13.0. The third-order valence-electron chi connectivity index (χ3n) is 6.05. The van der Waals surface area contributed by atoms with Gasteiger partial charge in [0, 0.05) is 17.1 Å². The van der Waals surface area contributed by atoms with Crippen LogP contribution in [0.3, 0.4) is 0 Å². The molecule has 5 rings (SSSR count). The van der Waals surface area contributed by atoms with E-state index in [9.17, 15) is 9.18 Å². The molecule has 0 aliphatic heterocycles. The fourth-order valence-electron chi connectivity index (χ4n) is 4.01. The van der Waals surface area contributed by atoms with Gasteiger partial charge in [0.15, 0.2) is 0 Å². The molecule has 0 spiro atoms. The molecule has 0 bridgehead atoms. The van der Waals surface area contributed by atoms with E-state index in [1.165, 1.54) is 24.3 Å². The highest BCUT2D eigenvalue weighted by molar-refractivity contribution is 6.30. The van der Waals surface area contributed by atoms with Crippen LogP contribution in [0.5, 0.6) is 11.6 Å². The van der Waals surface area contributed by atoms with Crippen molar-refractivity contribution in [3.63, 3.8) is 0 Å². The van der Waals surface area contributed by atoms with Gasteiger partial charge in [0.2, 0.25) is 5.88 Å². The minimum absolute atomic E-state index is 0.141. The van der Waals surface area contributed by atoms with E-state index in [0.717, 1.165) is 29.8 Å². The van der Waals surface area contributed by atoms with Crippen LogP contribution < -0.4 is 4.74 Å². The second-order valence-corrected chi connectivity index (χ2v) is 9.25. The van der Waals surface area contributed by atoms with Crippen LogP contribution in [0.2, 0.25) is 5.02 Å². The first-order valence-electron chi connectivity index (χ1n) is 11.6. The van der Waals surface area contributed by atoms with E-state index in [1.54, 1.807) is 10.7 Å². The third-order valence-corrected chi connectivity index (χ3v) is 6.29. The Labute approximate surface area is 208 Å². The van der Waals surface area contributed by atoms with Gasteiger partial charge in [-0.1, -0.05) is 35.9 Å². The summed E-state index contributed by atoms with van der Waals surface area (Å²) in [6.07, 6.45) is 2.20. The highest BCUT2D eigenvalue weighted by Crippen LogP contribution is 2.35. The van der Waals surface area contributed by atoms with Crippen LogP contribution in [0.15, 0.2) is 78.9 Å². The number of ether oxygens (including phenoxy) is 1. The number of hydrogen-bond donors (Lipinski definition) is 0. The number of aromatic nitrogens is 2. The molecule has 1 heterocycles. The Morgan fingerprint density at radius 2 is 1.83 bits per heavy atom. The molecule has 0 N–H and O–H groups in total. The molecule has 0 saturated heterocycles. The standard InChI is InChI=1S/C28H25ClFN3O2/c1-19-26(18-32(17-20-10-11-20)27(34)21-12-14-23(30)15-13-21)28(35-25-8-3-2-4-9-25)33(31-19)24-7-5-6-22(29)16-24/h2-9,12-16,20H,10-11,17-18H2,1H3. The van der Waals surface area contributed by atoms with Gasteiger partial charge in [-0.2, -0.15) is 5.10 Å². The number of carbonyl (C=O) groups excluding carboxylic acids is 1. The molecule has 1 saturated carbocycles. The summed E-state index contributed by atoms with van der Waals surface area (Å²) in [4.78, 5) is 15.3. The first-order chi connectivity index (χ1) is 17.0. The topological polar surface area (TPSA) is 47.4 Å². The van der Waals surface area contributed by atoms with Crippen molar-refractivity contribution in [3.8, 4) is 17.3 Å². The van der Waals surface area contributed by atoms with E-state index in [0.29, 0.717) is 41.2 Å². The van der Waals surface area contributed by atoms with Crippen molar-refractivity contribution >= 4 is 17.5 Å². The first-order valence-corrected chi connectivity index (χ1v) is 12.0. The average molecular weight is 490 g/mol. The lowest BCUT2D eigenvalue weighted by Gasteiger charge is -2.23. The van der Waals surface area contributed by atoms with Crippen LogP contribution in [0.1, 0.15) is 34.5 Å². The Kier molecular flexibility index (Phi) is 6.55. The summed E-state index contributed by atoms with van der Waals surface area (Å²) < 4.78 is 21.5. The molecule has 1 amide bonds. The lowest BCUT2D eigenvalue weighted by Crippen LogP contribution is -2.32. The van der Waals surface area contributed by atoms with Crippen LogP contribution in [-0.2, 0) is 6.54 Å². The molecule has 3 aromatic carbocycles. The summed E-state index contributed by atoms with van der Waals surface area (Å²) in [6, 6.07) is 22.6. The Hall–Kier alpha value is -3.64. The predicted octanol–water partition coefficient (Wildman–Crippen LogP) is 6.82. The number of amides is 1. The van der Waals surface area contributed by atoms with Crippen molar-refractivity contribution in [2.24, 2.45) is 5.92 Å². The van der Waals surface area contributed by atoms with Gasteiger partial charge in [0.1, 0.15) is 11.6 Å². The molecule has 1 aliphatic carbocycles. The zero-order valence-corrected chi connectivity index (χ0v) is 20.1. The van der Waals surface area contributed by atoms with Gasteiger partial charge in [-0.05, 0) is 80.3 Å². The smallest absolute Gasteiger partial charge is 0.254 e. The Morgan fingerprint density at radius 3 is 2.51 bits per heavy atom. The average Bonchev–Trinajstić information content (AvgIpc) is 3.63. The van der Waals surface area contributed by atoms with Crippen molar-refractivity contribution in [2.45, 2.75) is 26.3 Å². The van der Waals surface area contributed by atoms with Gasteiger partial charge >= 0.3 is 0 Å². The maximum absolute atomic E-state index is 13.5. The predicted molar refractivity (Wildman–Crippen MR) is 134 cm³/mol. The van der Waals surface area contributed by atoms with E-state index in [2.05, 4.69) is 0 Å². The van der Waals surface area contributed by atoms with Crippen molar-refractivity contribution in [1.29, 1.82) is 0 Å². The summed E-state index contributed by atoms with van der Waals surface area (Å²) in [5, 5.41) is 5.34. The molecular formula is C28H25ClFN3O2. The molecule has 178 valence electrons. The van der Waals surface area contributed by atoms with Crippen LogP contribution in [-0.4, -0.2) is 27.1 Å². The van der Waals surface area contributed by atoms with Gasteiger partial charge < -0.3 is 9.64 Å². The first kappa shape index (κ1) is 23.1. The largest absolute Gasteiger partial charge is 0.439 e. The van der Waals surface area contributed by atoms with Crippen molar-refractivity contribution in [1.82, 2.24) is 14.7 Å². The number of para-hydroxylation sites is 1. The molecule has 0 atom stereocenters. The molecular weight excluding hydrogens is 465 g/mol. The van der Waals surface area contributed by atoms with Crippen LogP contribution in [0, 0.1) is 18.7 Å². The fraction of sp³-hybridized carbons (Fsp3) is 0.214. The fourth-order valence-corrected chi connectivity index (χ4v) is 4.19. The van der Waals surface area contributed by atoms with Gasteiger partial charge in [-0.3, -0.25) is 4.79 Å². The summed E-state index contributed by atoms with van der Waals surface area (Å²) in [7, 11) is 0. The minimum atomic E-state index is -0.368. The minimum Gasteiger partial charge on any atom is -0.439 e. The Morgan fingerprint density at radius 1 is 1.09 bits per heavy atom. The molecule has 4 aromatic rings. The monoisotopic (exact) mass is 489 g/mol. The number of hydrogen-bond acceptors (Lipinski definition) is 3. The molecule has 1 fully saturated rings. The molecule has 1 aliphatic rings. The summed E-state index contributed by atoms with van der Waals surface area (Å²) in [5.74, 6) is 1.16. The Balaban J connectivity index is 1.54. The highest BCUT2D eigenvalue weighted by atomic mass is 35.5. The van der Waals surface area contributed by atoms with E-state index in [1.807, 2.05) is 60.4 Å². The van der Waals surface area contributed by atoms with Crippen LogP contribution >= 0.6 is 11.6 Å². The quantitative estimate of drug-likeness (QED) is 0.273. The number of benzene rings is 3. The summed E-state index contributed by atoms with van der Waals surface area (Å²) >= 11 is 6.26. The number of aryl methyl sites for hydroxylation is 1. The molecule has 0 unspecified atom stereocenters. The van der Waals surface area contributed by atoms with Crippen molar-refractivity contribution in [3.05, 3.63) is 107 Å². The third kappa shape index (κ3) is 5.38. The molecule has 5 nitrogen and oxygen atoms in total. The van der Waals surface area contributed by atoms with E-state index >= 15 is 0 Å². The SMILES string of the molecule is Cc1nn(-c2cccc(Cl)c2)c(Oc2ccccc2)c1CN(CC1CC1)C(=O)c1ccc(F)cc1. The highest BCUT2D eigenvalue weighted by Gasteiger charge is 2.30. The number of halogens is 2. The van der Waals surface area contributed by atoms with E-state index in [-0.39, 0.29) is 11.7 Å².